The number of quaternary nitrogens is 1. The number of hydrogen-bond acceptors (Lipinski definition) is 8. The highest BCUT2D eigenvalue weighted by Gasteiger charge is 2.51. The first-order valence-electron chi connectivity index (χ1n) is 18.6. The van der Waals surface area contributed by atoms with E-state index in [0.29, 0.717) is 43.7 Å². The van der Waals surface area contributed by atoms with E-state index in [4.69, 9.17) is 25.9 Å². The normalized spacial score (nSPS) is 24.5. The van der Waals surface area contributed by atoms with Crippen molar-refractivity contribution >= 4 is 12.0 Å². The molecule has 7 N–H and O–H groups in total. The number of nitrogens with one attached hydrogen (secondary N) is 1. The van der Waals surface area contributed by atoms with Crippen LogP contribution in [0.3, 0.4) is 0 Å². The molecule has 0 aromatic heterocycles. The van der Waals surface area contributed by atoms with Crippen LogP contribution in [0.2, 0.25) is 0 Å². The molecule has 2 bridgehead atoms. The summed E-state index contributed by atoms with van der Waals surface area (Å²) in [5.74, 6) is 11.0. The lowest BCUT2D eigenvalue weighted by molar-refractivity contribution is -0.891. The van der Waals surface area contributed by atoms with Gasteiger partial charge in [0.15, 0.2) is 11.5 Å². The molecule has 7 rings (SSSR count). The number of ketones is 1. The fourth-order valence-electron chi connectivity index (χ4n) is 8.23. The topological polar surface area (TPSA) is 145 Å². The van der Waals surface area contributed by atoms with Crippen LogP contribution in [0.15, 0.2) is 64.4 Å². The minimum absolute atomic E-state index is 0.0509. The monoisotopic (exact) mass is 689 g/mol. The van der Waals surface area contributed by atoms with E-state index in [9.17, 15) is 15.0 Å². The molecule has 4 aliphatic heterocycles. The number of ether oxygens (including phenoxy) is 2. The minimum Gasteiger partial charge on any atom is -0.437 e. The number of nitrogens with zero attached hydrogens (tertiary/aromatic N) is 1. The molecule has 5 atom stereocenters. The Kier molecular flexibility index (Phi) is 10.5. The summed E-state index contributed by atoms with van der Waals surface area (Å²) in [6.45, 7) is 2.79. The Labute approximate surface area is 300 Å². The number of rotatable bonds is 10. The number of aliphatic hydroxyl groups excluding tert-OH is 2. The number of unbranched alkanes of at least 4 members (excludes halogenated alkanes) is 2. The summed E-state index contributed by atoms with van der Waals surface area (Å²) >= 11 is 0. The average molecular weight is 690 g/mol. The first-order valence-corrected chi connectivity index (χ1v) is 18.6. The summed E-state index contributed by atoms with van der Waals surface area (Å²) < 4.78 is 13.2. The van der Waals surface area contributed by atoms with Crippen LogP contribution < -0.4 is 25.8 Å². The van der Waals surface area contributed by atoms with Crippen LogP contribution in [0.1, 0.15) is 106 Å². The van der Waals surface area contributed by atoms with E-state index in [1.54, 1.807) is 0 Å². The lowest BCUT2D eigenvalue weighted by Gasteiger charge is -2.36. The van der Waals surface area contributed by atoms with Crippen LogP contribution in [0.25, 0.3) is 0 Å². The van der Waals surface area contributed by atoms with E-state index in [0.717, 1.165) is 88.9 Å². The van der Waals surface area contributed by atoms with Crippen molar-refractivity contribution in [2.24, 2.45) is 27.8 Å². The molecule has 2 aromatic rings. The number of fused-ring (bicyclic) bond motifs is 6. The molecular formula is C42H49N4O5+. The van der Waals surface area contributed by atoms with E-state index in [-0.39, 0.29) is 18.1 Å². The van der Waals surface area contributed by atoms with Crippen LogP contribution in [0.5, 0.6) is 11.5 Å². The lowest BCUT2D eigenvalue weighted by Crippen LogP contribution is -3.12. The fourth-order valence-corrected chi connectivity index (χ4v) is 8.23. The molecule has 4 heterocycles. The van der Waals surface area contributed by atoms with Crippen molar-refractivity contribution in [1.29, 1.82) is 0 Å². The number of aliphatic hydroxyl groups is 2. The zero-order chi connectivity index (χ0) is 35.5. The van der Waals surface area contributed by atoms with Crippen molar-refractivity contribution in [3.63, 3.8) is 0 Å². The molecule has 5 aliphatic rings. The maximum absolute atomic E-state index is 12.8. The maximum atomic E-state index is 12.8. The van der Waals surface area contributed by atoms with Gasteiger partial charge in [-0.25, -0.2) is 0 Å². The van der Waals surface area contributed by atoms with E-state index in [1.165, 1.54) is 0 Å². The molecule has 1 unspecified atom stereocenters. The van der Waals surface area contributed by atoms with Gasteiger partial charge in [-0.1, -0.05) is 81.1 Å². The van der Waals surface area contributed by atoms with Crippen LogP contribution in [-0.2, 0) is 17.6 Å². The second-order valence-electron chi connectivity index (χ2n) is 14.8. The van der Waals surface area contributed by atoms with Crippen molar-refractivity contribution in [2.75, 3.05) is 6.54 Å². The first-order chi connectivity index (χ1) is 24.7. The number of aliphatic imine (C=N–C) groups is 1. The average Bonchev–Trinajstić information content (AvgIpc) is 3.86. The Morgan fingerprint density at radius 1 is 1.12 bits per heavy atom. The van der Waals surface area contributed by atoms with Gasteiger partial charge in [0.25, 0.3) is 6.23 Å². The lowest BCUT2D eigenvalue weighted by atomic mass is 9.73. The molecule has 9 nitrogen and oxygen atoms in total. The van der Waals surface area contributed by atoms with Crippen LogP contribution in [0, 0.1) is 35.2 Å². The molecule has 9 heteroatoms. The molecule has 0 radical (unpaired) electrons. The number of benzene rings is 2. The largest absolute Gasteiger partial charge is 0.437 e. The molecule has 266 valence electrons. The quantitative estimate of drug-likeness (QED) is 0.144. The summed E-state index contributed by atoms with van der Waals surface area (Å²) in [6.07, 6.45) is 13.4. The Bertz CT molecular complexity index is 1880. The number of allylic oxidation sites excluding steroid dienone is 1. The van der Waals surface area contributed by atoms with Crippen molar-refractivity contribution in [3.05, 3.63) is 81.7 Å². The standard InChI is InChI=1S/C42H48N4O5/c1-2-3-4-7-31(47)23-32(48)11-8-27-9-15-38-39(20-27)51-41-35(42(18-19-50-38)16-5-6-17-42)13-14-37(49)33-12-10-28(40(43)44)21-29(33)22-30-24-45-36-26-46(41)25-34(30)36/h9-10,12,15,20-21,24,26,31,35,37,40-41,47,49H,2-8,11,16-17,22-23,25,43-44H2,1H3/p+1/t31-,35-,37+,41+/m1/s1. The number of aryl methyl sites for hydroxylation is 1. The molecule has 1 spiro atoms. The van der Waals surface area contributed by atoms with Crippen LogP contribution in [-0.4, -0.2) is 41.1 Å². The second-order valence-corrected chi connectivity index (χ2v) is 14.8. The van der Waals surface area contributed by atoms with Crippen molar-refractivity contribution in [1.82, 2.24) is 0 Å². The van der Waals surface area contributed by atoms with E-state index in [1.807, 2.05) is 42.6 Å². The van der Waals surface area contributed by atoms with Gasteiger partial charge in [0.05, 0.1) is 17.7 Å². The predicted octanol–water partition coefficient (Wildman–Crippen LogP) is 4.08. The predicted molar refractivity (Wildman–Crippen MR) is 195 cm³/mol. The van der Waals surface area contributed by atoms with Crippen molar-refractivity contribution in [2.45, 2.75) is 109 Å². The molecule has 0 saturated heterocycles. The minimum atomic E-state index is -1.04. The Morgan fingerprint density at radius 3 is 2.76 bits per heavy atom. The third-order valence-corrected chi connectivity index (χ3v) is 11.1. The zero-order valence-electron chi connectivity index (χ0n) is 29.4. The third kappa shape index (κ3) is 7.55. The molecule has 1 aliphatic carbocycles. The summed E-state index contributed by atoms with van der Waals surface area (Å²) in [4.78, 5) is 18.7. The molecule has 0 amide bonds. The smallest absolute Gasteiger partial charge is 0.252 e. The molecule has 1 saturated carbocycles. The second kappa shape index (κ2) is 15.2. The number of nitrogens with two attached hydrogens (primary N) is 2. The number of carbonyl (C=O) groups excluding carboxylic acids is 1. The molecule has 1 fully saturated rings. The van der Waals surface area contributed by atoms with Gasteiger partial charge in [0.1, 0.15) is 42.4 Å². The highest BCUT2D eigenvalue weighted by Crippen LogP contribution is 2.47. The fraction of sp³-hybridized carbons (Fsp3) is 0.476. The number of hydrogen-bond donors (Lipinski definition) is 5. The highest BCUT2D eigenvalue weighted by atomic mass is 16.5. The van der Waals surface area contributed by atoms with Gasteiger partial charge in [-0.15, -0.1) is 0 Å². The van der Waals surface area contributed by atoms with Gasteiger partial charge in [0, 0.05) is 24.6 Å². The number of carbonyl (C=O) groups is 1. The van der Waals surface area contributed by atoms with E-state index >= 15 is 0 Å². The zero-order valence-corrected chi connectivity index (χ0v) is 29.4. The molecule has 2 aromatic carbocycles. The van der Waals surface area contributed by atoms with Crippen molar-refractivity contribution in [3.8, 4) is 35.4 Å². The Balaban J connectivity index is 1.24. The summed E-state index contributed by atoms with van der Waals surface area (Å²) in [7, 11) is 0. The van der Waals surface area contributed by atoms with Crippen LogP contribution >= 0.6 is 0 Å². The van der Waals surface area contributed by atoms with E-state index in [2.05, 4.69) is 37.0 Å². The van der Waals surface area contributed by atoms with Gasteiger partial charge >= 0.3 is 0 Å². The van der Waals surface area contributed by atoms with Crippen LogP contribution in [0.4, 0.5) is 0 Å². The summed E-state index contributed by atoms with van der Waals surface area (Å²) in [5.41, 5.74) is 18.2. The summed E-state index contributed by atoms with van der Waals surface area (Å²) in [5, 5.41) is 22.0. The highest BCUT2D eigenvalue weighted by molar-refractivity contribution is 5.87. The Morgan fingerprint density at radius 2 is 1.96 bits per heavy atom. The maximum Gasteiger partial charge on any atom is 0.252 e. The van der Waals surface area contributed by atoms with Gasteiger partial charge in [-0.05, 0) is 72.1 Å². The molecular weight excluding hydrogens is 640 g/mol. The van der Waals surface area contributed by atoms with Gasteiger partial charge < -0.3 is 31.2 Å². The Hall–Kier alpha value is -4.22. The van der Waals surface area contributed by atoms with Gasteiger partial charge in [-0.2, -0.15) is 0 Å². The molecule has 51 heavy (non-hydrogen) atoms. The van der Waals surface area contributed by atoms with Gasteiger partial charge in [0.2, 0.25) is 0 Å². The third-order valence-electron chi connectivity index (χ3n) is 11.1. The summed E-state index contributed by atoms with van der Waals surface area (Å²) in [6, 6.07) is 11.5. The number of Topliss-reactive ketones (excluding diaryl/α,β-unsaturated/α-hetero) is 1. The first kappa shape index (κ1) is 35.2. The van der Waals surface area contributed by atoms with E-state index < -0.39 is 30.0 Å². The van der Waals surface area contributed by atoms with Gasteiger partial charge in [-0.3, -0.25) is 14.7 Å². The van der Waals surface area contributed by atoms with Crippen molar-refractivity contribution < 1.29 is 29.4 Å². The SMILES string of the molecule is CCCCC[C@@H](O)CC(=O)CCc1ccc2c(c1)O[C@H]1[C@@H](C#C[C@H](O)c3ccc(C(N)N)cc3CC3=C4C[NH+]1C=C4N=C3)C1(C#CO2)CCCC1.